The minimum Gasteiger partial charge on any atom is -0.409 e. The predicted molar refractivity (Wildman–Crippen MR) is 69.0 cm³/mol. The number of pyridine rings is 1. The Morgan fingerprint density at radius 3 is 3.28 bits per heavy atom. The Morgan fingerprint density at radius 1 is 1.67 bits per heavy atom. The summed E-state index contributed by atoms with van der Waals surface area (Å²) in [7, 11) is 0. The van der Waals surface area contributed by atoms with Crippen LogP contribution in [0.2, 0.25) is 0 Å². The van der Waals surface area contributed by atoms with Gasteiger partial charge >= 0.3 is 0 Å². The molecule has 1 aliphatic rings. The quantitative estimate of drug-likeness (QED) is 0.351. The molecule has 6 heteroatoms. The molecule has 0 saturated carbocycles. The average Bonchev–Trinajstić information content (AvgIpc) is 2.62. The lowest BCUT2D eigenvalue weighted by atomic mass is 10.2. The van der Waals surface area contributed by atoms with Gasteiger partial charge in [0.2, 0.25) is 0 Å². The number of amidine groups is 1. The van der Waals surface area contributed by atoms with E-state index in [0.29, 0.717) is 5.69 Å². The maximum Gasteiger partial charge on any atom is 0.188 e. The van der Waals surface area contributed by atoms with Gasteiger partial charge in [-0.15, -0.1) is 0 Å². The normalized spacial score (nSPS) is 21.7. The topological polar surface area (TPSA) is 84.0 Å². The fraction of sp³-hybridized carbons (Fsp3) is 0.500. The molecular formula is C12H18N4O2. The Labute approximate surface area is 106 Å². The van der Waals surface area contributed by atoms with E-state index < -0.39 is 0 Å². The molecule has 6 nitrogen and oxygen atoms in total. The van der Waals surface area contributed by atoms with Gasteiger partial charge in [-0.3, -0.25) is 4.98 Å². The third kappa shape index (κ3) is 2.89. The van der Waals surface area contributed by atoms with E-state index in [9.17, 15) is 0 Å². The van der Waals surface area contributed by atoms with Crippen LogP contribution in [-0.4, -0.2) is 41.8 Å². The van der Waals surface area contributed by atoms with Crippen LogP contribution in [0.4, 0.5) is 5.69 Å². The van der Waals surface area contributed by atoms with Crippen LogP contribution in [-0.2, 0) is 4.74 Å². The van der Waals surface area contributed by atoms with Crippen molar-refractivity contribution in [1.29, 1.82) is 0 Å². The molecule has 0 aromatic carbocycles. The van der Waals surface area contributed by atoms with Gasteiger partial charge in [-0.2, -0.15) is 0 Å². The first kappa shape index (κ1) is 12.6. The zero-order valence-electron chi connectivity index (χ0n) is 10.4. The molecule has 0 radical (unpaired) electrons. The van der Waals surface area contributed by atoms with Gasteiger partial charge in [0.25, 0.3) is 0 Å². The Morgan fingerprint density at radius 2 is 2.50 bits per heavy atom. The standard InChI is InChI=1S/C12H18N4O2/c1-9-8-16(5-2-6-18-9)10-3-4-14-11(7-10)12(13)15-17/h3-4,7,9,17H,2,5-6,8H2,1H3,(H2,13,15). The maximum absolute atomic E-state index is 8.67. The number of hydrogen-bond donors (Lipinski definition) is 2. The van der Waals surface area contributed by atoms with Crippen molar-refractivity contribution < 1.29 is 9.94 Å². The van der Waals surface area contributed by atoms with E-state index in [2.05, 4.69) is 22.0 Å². The summed E-state index contributed by atoms with van der Waals surface area (Å²) in [5, 5.41) is 11.6. The Balaban J connectivity index is 2.21. The number of rotatable bonds is 2. The summed E-state index contributed by atoms with van der Waals surface area (Å²) in [4.78, 5) is 6.30. The molecule has 1 fully saturated rings. The van der Waals surface area contributed by atoms with Gasteiger partial charge in [0.15, 0.2) is 5.84 Å². The predicted octanol–water partition coefficient (Wildman–Crippen LogP) is 0.791. The molecule has 1 aliphatic heterocycles. The lowest BCUT2D eigenvalue weighted by Crippen LogP contribution is -2.30. The van der Waals surface area contributed by atoms with Gasteiger partial charge in [0.05, 0.1) is 6.10 Å². The Bertz CT molecular complexity index is 436. The molecular weight excluding hydrogens is 232 g/mol. The lowest BCUT2D eigenvalue weighted by Gasteiger charge is -2.24. The summed E-state index contributed by atoms with van der Waals surface area (Å²) in [6.07, 6.45) is 2.86. The fourth-order valence-electron chi connectivity index (χ4n) is 2.04. The van der Waals surface area contributed by atoms with E-state index >= 15 is 0 Å². The monoisotopic (exact) mass is 250 g/mol. The molecule has 1 aromatic heterocycles. The summed E-state index contributed by atoms with van der Waals surface area (Å²) in [6, 6.07) is 3.75. The van der Waals surface area contributed by atoms with Crippen molar-refractivity contribution in [3.05, 3.63) is 24.0 Å². The second-order valence-electron chi connectivity index (χ2n) is 4.37. The lowest BCUT2D eigenvalue weighted by molar-refractivity contribution is 0.0821. The SMILES string of the molecule is CC1CN(c2ccnc(/C(N)=N/O)c2)CCCO1. The number of oxime groups is 1. The summed E-state index contributed by atoms with van der Waals surface area (Å²) in [5.74, 6) is 0.0240. The summed E-state index contributed by atoms with van der Waals surface area (Å²) in [5.41, 5.74) is 7.04. The summed E-state index contributed by atoms with van der Waals surface area (Å²) >= 11 is 0. The minimum atomic E-state index is 0.0240. The summed E-state index contributed by atoms with van der Waals surface area (Å²) in [6.45, 7) is 4.61. The van der Waals surface area contributed by atoms with E-state index in [4.69, 9.17) is 15.7 Å². The van der Waals surface area contributed by atoms with E-state index in [-0.39, 0.29) is 11.9 Å². The van der Waals surface area contributed by atoms with E-state index in [1.807, 2.05) is 12.1 Å². The van der Waals surface area contributed by atoms with Crippen LogP contribution in [0.15, 0.2) is 23.5 Å². The van der Waals surface area contributed by atoms with Crippen molar-refractivity contribution in [3.8, 4) is 0 Å². The van der Waals surface area contributed by atoms with Gasteiger partial charge in [-0.1, -0.05) is 5.16 Å². The second kappa shape index (κ2) is 5.68. The van der Waals surface area contributed by atoms with Gasteiger partial charge < -0.3 is 20.6 Å². The summed E-state index contributed by atoms with van der Waals surface area (Å²) < 4.78 is 5.61. The van der Waals surface area contributed by atoms with Gasteiger partial charge in [0.1, 0.15) is 5.69 Å². The largest absolute Gasteiger partial charge is 0.409 e. The molecule has 98 valence electrons. The van der Waals surface area contributed by atoms with Crippen LogP contribution < -0.4 is 10.6 Å². The Kier molecular flexibility index (Phi) is 3.99. The number of nitrogens with two attached hydrogens (primary N) is 1. The molecule has 0 bridgehead atoms. The van der Waals surface area contributed by atoms with Crippen molar-refractivity contribution in [1.82, 2.24) is 4.98 Å². The molecule has 0 spiro atoms. The van der Waals surface area contributed by atoms with Crippen molar-refractivity contribution in [2.45, 2.75) is 19.4 Å². The first-order chi connectivity index (χ1) is 8.70. The molecule has 1 atom stereocenters. The van der Waals surface area contributed by atoms with Crippen molar-refractivity contribution in [3.63, 3.8) is 0 Å². The second-order valence-corrected chi connectivity index (χ2v) is 4.37. The van der Waals surface area contributed by atoms with E-state index in [1.54, 1.807) is 6.20 Å². The first-order valence-electron chi connectivity index (χ1n) is 6.01. The number of hydrogen-bond acceptors (Lipinski definition) is 5. The van der Waals surface area contributed by atoms with Crippen molar-refractivity contribution in [2.24, 2.45) is 10.9 Å². The van der Waals surface area contributed by atoms with Crippen molar-refractivity contribution >= 4 is 11.5 Å². The Hall–Kier alpha value is -1.82. The molecule has 18 heavy (non-hydrogen) atoms. The molecule has 1 saturated heterocycles. The highest BCUT2D eigenvalue weighted by molar-refractivity contribution is 5.95. The fourth-order valence-corrected chi connectivity index (χ4v) is 2.04. The first-order valence-corrected chi connectivity index (χ1v) is 6.01. The molecule has 2 rings (SSSR count). The molecule has 3 N–H and O–H groups in total. The van der Waals surface area contributed by atoms with E-state index in [1.165, 1.54) is 0 Å². The van der Waals surface area contributed by atoms with Crippen LogP contribution in [0, 0.1) is 0 Å². The molecule has 1 unspecified atom stereocenters. The molecule has 0 aliphatic carbocycles. The third-order valence-corrected chi connectivity index (χ3v) is 2.93. The zero-order chi connectivity index (χ0) is 13.0. The highest BCUT2D eigenvalue weighted by Gasteiger charge is 2.16. The minimum absolute atomic E-state index is 0.0240. The third-order valence-electron chi connectivity index (χ3n) is 2.93. The van der Waals surface area contributed by atoms with Crippen LogP contribution >= 0.6 is 0 Å². The van der Waals surface area contributed by atoms with Gasteiger partial charge in [-0.05, 0) is 25.5 Å². The maximum atomic E-state index is 8.67. The average molecular weight is 250 g/mol. The smallest absolute Gasteiger partial charge is 0.188 e. The van der Waals surface area contributed by atoms with Gasteiger partial charge in [0, 0.05) is 31.6 Å². The number of nitrogens with zero attached hydrogens (tertiary/aromatic N) is 3. The molecule has 0 amide bonds. The van der Waals surface area contributed by atoms with E-state index in [0.717, 1.165) is 31.8 Å². The van der Waals surface area contributed by atoms with Crippen LogP contribution in [0.1, 0.15) is 19.0 Å². The van der Waals surface area contributed by atoms with Crippen LogP contribution in [0.3, 0.4) is 0 Å². The molecule has 2 heterocycles. The van der Waals surface area contributed by atoms with Crippen LogP contribution in [0.5, 0.6) is 0 Å². The van der Waals surface area contributed by atoms with Gasteiger partial charge in [-0.25, -0.2) is 0 Å². The number of aromatic nitrogens is 1. The van der Waals surface area contributed by atoms with Crippen LogP contribution in [0.25, 0.3) is 0 Å². The molecule has 1 aromatic rings. The highest BCUT2D eigenvalue weighted by atomic mass is 16.5. The zero-order valence-corrected chi connectivity index (χ0v) is 10.4. The van der Waals surface area contributed by atoms with Crippen molar-refractivity contribution in [2.75, 3.05) is 24.6 Å². The highest BCUT2D eigenvalue weighted by Crippen LogP contribution is 2.18. The number of anilines is 1. The number of ether oxygens (including phenoxy) is 1.